The lowest BCUT2D eigenvalue weighted by molar-refractivity contribution is -0.114. The van der Waals surface area contributed by atoms with Crippen LogP contribution in [-0.4, -0.2) is 29.3 Å². The molecule has 1 heterocycles. The van der Waals surface area contributed by atoms with E-state index in [4.69, 9.17) is 5.14 Å². The second-order valence-electron chi connectivity index (χ2n) is 6.70. The first-order chi connectivity index (χ1) is 13.6. The Morgan fingerprint density at radius 1 is 1.00 bits per heavy atom. The Morgan fingerprint density at radius 3 is 2.31 bits per heavy atom. The average Bonchev–Trinajstić information content (AvgIpc) is 2.86. The standard InChI is InChI=1S/C19H17N3O5S2/c20-28(24,25)12-13-7-9-15(10-8-13)21-18(23)11-22-16-5-1-3-14-4-2-6-17(19(14)16)29(22,26)27/h1-10H,11-12H2,(H,21,23)(H2,20,24,25). The van der Waals surface area contributed by atoms with Crippen LogP contribution in [0.1, 0.15) is 5.56 Å². The van der Waals surface area contributed by atoms with Crippen molar-refractivity contribution in [3.05, 3.63) is 66.2 Å². The van der Waals surface area contributed by atoms with Gasteiger partial charge in [-0.05, 0) is 35.2 Å². The summed E-state index contributed by atoms with van der Waals surface area (Å²) in [7, 11) is -7.47. The summed E-state index contributed by atoms with van der Waals surface area (Å²) in [5.41, 5.74) is 1.37. The van der Waals surface area contributed by atoms with E-state index >= 15 is 0 Å². The first-order valence-electron chi connectivity index (χ1n) is 8.59. The van der Waals surface area contributed by atoms with Crippen LogP contribution in [0.15, 0.2) is 65.6 Å². The molecule has 3 N–H and O–H groups in total. The maximum absolute atomic E-state index is 12.9. The fourth-order valence-electron chi connectivity index (χ4n) is 3.38. The molecule has 150 valence electrons. The van der Waals surface area contributed by atoms with Crippen LogP contribution >= 0.6 is 0 Å². The zero-order valence-electron chi connectivity index (χ0n) is 15.1. The quantitative estimate of drug-likeness (QED) is 0.637. The lowest BCUT2D eigenvalue weighted by Gasteiger charge is -2.18. The number of primary sulfonamides is 1. The highest BCUT2D eigenvalue weighted by atomic mass is 32.2. The zero-order chi connectivity index (χ0) is 20.8. The number of hydrogen-bond donors (Lipinski definition) is 2. The molecule has 0 saturated heterocycles. The summed E-state index contributed by atoms with van der Waals surface area (Å²) in [4.78, 5) is 12.7. The highest BCUT2D eigenvalue weighted by Crippen LogP contribution is 2.41. The van der Waals surface area contributed by atoms with Crippen molar-refractivity contribution in [1.82, 2.24) is 0 Å². The highest BCUT2D eigenvalue weighted by molar-refractivity contribution is 7.93. The number of sulfonamides is 2. The molecular formula is C19H17N3O5S2. The predicted octanol–water partition coefficient (Wildman–Crippen LogP) is 1.78. The molecule has 0 saturated carbocycles. The number of nitrogens with one attached hydrogen (secondary N) is 1. The number of rotatable bonds is 5. The molecule has 1 aliphatic heterocycles. The minimum atomic E-state index is -3.82. The van der Waals surface area contributed by atoms with Gasteiger partial charge < -0.3 is 5.32 Å². The Labute approximate surface area is 168 Å². The molecule has 8 nitrogen and oxygen atoms in total. The average molecular weight is 431 g/mol. The third kappa shape index (κ3) is 3.69. The second kappa shape index (κ2) is 6.83. The summed E-state index contributed by atoms with van der Waals surface area (Å²) in [6.07, 6.45) is 0. The van der Waals surface area contributed by atoms with Crippen molar-refractivity contribution in [3.63, 3.8) is 0 Å². The third-order valence-corrected chi connectivity index (χ3v) is 7.11. The summed E-state index contributed by atoms with van der Waals surface area (Å²) >= 11 is 0. The van der Waals surface area contributed by atoms with E-state index in [1.165, 1.54) is 30.3 Å². The molecule has 0 aromatic heterocycles. The predicted molar refractivity (Wildman–Crippen MR) is 110 cm³/mol. The fraction of sp³-hybridized carbons (Fsp3) is 0.105. The summed E-state index contributed by atoms with van der Waals surface area (Å²) < 4.78 is 49.2. The number of carbonyl (C=O) groups excluding carboxylic acids is 1. The number of nitrogens with two attached hydrogens (primary N) is 1. The molecule has 0 bridgehead atoms. The Balaban J connectivity index is 1.54. The number of carbonyl (C=O) groups is 1. The number of amides is 1. The van der Waals surface area contributed by atoms with Crippen molar-refractivity contribution in [2.75, 3.05) is 16.2 Å². The van der Waals surface area contributed by atoms with E-state index in [1.807, 2.05) is 12.1 Å². The summed E-state index contributed by atoms with van der Waals surface area (Å²) in [5.74, 6) is -0.826. The SMILES string of the molecule is NS(=O)(=O)Cc1ccc(NC(=O)CN2c3cccc4cccc(c34)S2(=O)=O)cc1. The second-order valence-corrected chi connectivity index (χ2v) is 10.1. The van der Waals surface area contributed by atoms with Crippen LogP contribution in [0.2, 0.25) is 0 Å². The van der Waals surface area contributed by atoms with Gasteiger partial charge in [0, 0.05) is 11.1 Å². The van der Waals surface area contributed by atoms with Crippen molar-refractivity contribution in [2.45, 2.75) is 10.6 Å². The van der Waals surface area contributed by atoms with E-state index < -0.39 is 26.0 Å². The van der Waals surface area contributed by atoms with E-state index in [-0.39, 0.29) is 17.2 Å². The number of hydrogen-bond acceptors (Lipinski definition) is 5. The molecule has 3 aromatic carbocycles. The molecule has 4 rings (SSSR count). The van der Waals surface area contributed by atoms with E-state index in [0.717, 1.165) is 9.69 Å². The maximum Gasteiger partial charge on any atom is 0.265 e. The normalized spacial score (nSPS) is 14.9. The number of anilines is 2. The minimum Gasteiger partial charge on any atom is -0.325 e. The topological polar surface area (TPSA) is 127 Å². The molecule has 0 unspecified atom stereocenters. The summed E-state index contributed by atoms with van der Waals surface area (Å²) in [6.45, 7) is -0.380. The molecule has 29 heavy (non-hydrogen) atoms. The van der Waals surface area contributed by atoms with Crippen molar-refractivity contribution in [2.24, 2.45) is 5.14 Å². The summed E-state index contributed by atoms with van der Waals surface area (Å²) in [5, 5.41) is 9.04. The van der Waals surface area contributed by atoms with Crippen LogP contribution in [0.4, 0.5) is 11.4 Å². The van der Waals surface area contributed by atoms with Crippen LogP contribution in [-0.2, 0) is 30.6 Å². The largest absolute Gasteiger partial charge is 0.325 e. The van der Waals surface area contributed by atoms with Crippen molar-refractivity contribution in [3.8, 4) is 0 Å². The zero-order valence-corrected chi connectivity index (χ0v) is 16.7. The van der Waals surface area contributed by atoms with E-state index in [1.54, 1.807) is 18.2 Å². The molecule has 0 aliphatic carbocycles. The van der Waals surface area contributed by atoms with Gasteiger partial charge in [0.2, 0.25) is 15.9 Å². The molecule has 0 atom stereocenters. The Morgan fingerprint density at radius 2 is 1.66 bits per heavy atom. The van der Waals surface area contributed by atoms with E-state index in [0.29, 0.717) is 22.3 Å². The van der Waals surface area contributed by atoms with Crippen LogP contribution in [0, 0.1) is 0 Å². The van der Waals surface area contributed by atoms with Crippen LogP contribution in [0.3, 0.4) is 0 Å². The number of benzene rings is 3. The van der Waals surface area contributed by atoms with Crippen molar-refractivity contribution < 1.29 is 21.6 Å². The van der Waals surface area contributed by atoms with Crippen molar-refractivity contribution in [1.29, 1.82) is 0 Å². The Bertz CT molecular complexity index is 1330. The monoisotopic (exact) mass is 431 g/mol. The summed E-state index contributed by atoms with van der Waals surface area (Å²) in [6, 6.07) is 16.4. The minimum absolute atomic E-state index is 0.186. The van der Waals surface area contributed by atoms with Gasteiger partial charge in [0.05, 0.1) is 16.3 Å². The molecule has 0 fully saturated rings. The van der Waals surface area contributed by atoms with Crippen LogP contribution in [0.25, 0.3) is 10.8 Å². The van der Waals surface area contributed by atoms with Gasteiger partial charge in [0.1, 0.15) is 6.54 Å². The smallest absolute Gasteiger partial charge is 0.265 e. The molecule has 0 spiro atoms. The van der Waals surface area contributed by atoms with Crippen LogP contribution < -0.4 is 14.8 Å². The molecular weight excluding hydrogens is 414 g/mol. The van der Waals surface area contributed by atoms with E-state index in [9.17, 15) is 21.6 Å². The lowest BCUT2D eigenvalue weighted by Crippen LogP contribution is -2.35. The first-order valence-corrected chi connectivity index (χ1v) is 11.7. The highest BCUT2D eigenvalue weighted by Gasteiger charge is 2.36. The molecule has 3 aromatic rings. The fourth-order valence-corrected chi connectivity index (χ4v) is 5.70. The van der Waals surface area contributed by atoms with Gasteiger partial charge in [-0.1, -0.05) is 36.4 Å². The van der Waals surface area contributed by atoms with Gasteiger partial charge in [-0.3, -0.25) is 9.10 Å². The molecule has 0 radical (unpaired) electrons. The lowest BCUT2D eigenvalue weighted by atomic mass is 10.1. The number of nitrogens with zero attached hydrogens (tertiary/aromatic N) is 1. The first kappa shape index (κ1) is 19.4. The van der Waals surface area contributed by atoms with Crippen molar-refractivity contribution >= 4 is 48.1 Å². The van der Waals surface area contributed by atoms with Gasteiger partial charge in [0.25, 0.3) is 10.0 Å². The van der Waals surface area contributed by atoms with Gasteiger partial charge in [-0.25, -0.2) is 22.0 Å². The van der Waals surface area contributed by atoms with Crippen LogP contribution in [0.5, 0.6) is 0 Å². The molecule has 1 aliphatic rings. The molecule has 1 amide bonds. The Hall–Kier alpha value is -2.95. The maximum atomic E-state index is 12.9. The Kier molecular flexibility index (Phi) is 4.56. The van der Waals surface area contributed by atoms with Gasteiger partial charge in [0.15, 0.2) is 0 Å². The van der Waals surface area contributed by atoms with E-state index in [2.05, 4.69) is 5.32 Å². The van der Waals surface area contributed by atoms with Gasteiger partial charge in [-0.2, -0.15) is 0 Å². The van der Waals surface area contributed by atoms with Gasteiger partial charge >= 0.3 is 0 Å². The van der Waals surface area contributed by atoms with Gasteiger partial charge in [-0.15, -0.1) is 0 Å². The third-order valence-electron chi connectivity index (χ3n) is 4.57. The molecule has 10 heteroatoms.